The molecule has 0 unspecified atom stereocenters. The Bertz CT molecular complexity index is 1360. The molecule has 0 atom stereocenters. The third-order valence-electron chi connectivity index (χ3n) is 7.69. The van der Waals surface area contributed by atoms with Gasteiger partial charge in [-0.05, 0) is 72.5 Å². The maximum atomic E-state index is 13.5. The van der Waals surface area contributed by atoms with Crippen molar-refractivity contribution in [2.75, 3.05) is 36.0 Å². The van der Waals surface area contributed by atoms with Crippen LogP contribution in [0.3, 0.4) is 0 Å². The highest BCUT2D eigenvalue weighted by Gasteiger charge is 2.30. The van der Waals surface area contributed by atoms with E-state index in [1.54, 1.807) is 0 Å². The second kappa shape index (κ2) is 8.61. The molecule has 35 heavy (non-hydrogen) atoms. The largest absolute Gasteiger partial charge is 0.355 e. The minimum absolute atomic E-state index is 0.212. The van der Waals surface area contributed by atoms with Crippen LogP contribution in [0.1, 0.15) is 31.7 Å². The molecule has 1 fully saturated rings. The fourth-order valence-electron chi connectivity index (χ4n) is 5.35. The van der Waals surface area contributed by atoms with E-state index in [2.05, 4.69) is 45.1 Å². The summed E-state index contributed by atoms with van der Waals surface area (Å²) in [6, 6.07) is 13.0. The first-order chi connectivity index (χ1) is 17.0. The normalized spacial score (nSPS) is 17.6. The monoisotopic (exact) mass is 471 g/mol. The maximum absolute atomic E-state index is 13.5. The van der Waals surface area contributed by atoms with Crippen LogP contribution in [0.4, 0.5) is 21.7 Å². The number of fused-ring (bicyclic) bond motifs is 2. The molecule has 0 bridgehead atoms. The Kier molecular flexibility index (Phi) is 5.40. The smallest absolute Gasteiger partial charge is 0.183 e. The van der Waals surface area contributed by atoms with Crippen LogP contribution in [0.2, 0.25) is 0 Å². The molecule has 0 aliphatic carbocycles. The number of aromatic amines is 1. The van der Waals surface area contributed by atoms with Crippen molar-refractivity contribution in [3.05, 3.63) is 60.0 Å². The van der Waals surface area contributed by atoms with Gasteiger partial charge >= 0.3 is 0 Å². The number of nitrogens with one attached hydrogen (secondary N) is 1. The van der Waals surface area contributed by atoms with Gasteiger partial charge in [-0.15, -0.1) is 0 Å². The van der Waals surface area contributed by atoms with Gasteiger partial charge in [0.25, 0.3) is 0 Å². The molecule has 180 valence electrons. The average Bonchev–Trinajstić information content (AvgIpc) is 3.32. The van der Waals surface area contributed by atoms with E-state index in [4.69, 9.17) is 15.7 Å². The van der Waals surface area contributed by atoms with Gasteiger partial charge in [0.05, 0.1) is 6.20 Å². The summed E-state index contributed by atoms with van der Waals surface area (Å²) in [6.07, 6.45) is 5.94. The highest BCUT2D eigenvalue weighted by atomic mass is 19.1. The SMILES string of the molecule is CC1(CN)CCN(c2cnc3c(N4CCCc5c(-c6ccc(F)cc6)cccc54)n[nH]c3n2)CC1. The van der Waals surface area contributed by atoms with Gasteiger partial charge in [0.2, 0.25) is 0 Å². The summed E-state index contributed by atoms with van der Waals surface area (Å²) in [6.45, 7) is 5.70. The highest BCUT2D eigenvalue weighted by Crippen LogP contribution is 2.40. The van der Waals surface area contributed by atoms with Gasteiger partial charge in [-0.25, -0.2) is 14.4 Å². The van der Waals surface area contributed by atoms with Crippen LogP contribution >= 0.6 is 0 Å². The third-order valence-corrected chi connectivity index (χ3v) is 7.69. The standard InChI is InChI=1S/C27H30FN7/c1-27(17-29)11-14-34(15-12-27)23-16-30-24-25(31-23)32-33-26(24)35-13-3-5-21-20(4-2-6-22(21)35)18-7-9-19(28)10-8-18/h2,4,6-10,16H,3,5,11-15,17,29H2,1H3,(H,31,32,33). The lowest BCUT2D eigenvalue weighted by Crippen LogP contribution is -2.42. The van der Waals surface area contributed by atoms with Crippen molar-refractivity contribution in [3.63, 3.8) is 0 Å². The summed E-state index contributed by atoms with van der Waals surface area (Å²) >= 11 is 0. The molecule has 2 aliphatic heterocycles. The highest BCUT2D eigenvalue weighted by molar-refractivity contribution is 5.89. The van der Waals surface area contributed by atoms with Gasteiger partial charge in [0, 0.05) is 25.3 Å². The minimum atomic E-state index is -0.223. The fourth-order valence-corrected chi connectivity index (χ4v) is 5.35. The molecule has 0 amide bonds. The topological polar surface area (TPSA) is 87.0 Å². The van der Waals surface area contributed by atoms with E-state index >= 15 is 0 Å². The van der Waals surface area contributed by atoms with Crippen LogP contribution in [-0.2, 0) is 6.42 Å². The lowest BCUT2D eigenvalue weighted by molar-refractivity contribution is 0.258. The Morgan fingerprint density at radius 3 is 2.66 bits per heavy atom. The van der Waals surface area contributed by atoms with Crippen molar-refractivity contribution in [3.8, 4) is 11.1 Å². The molecule has 6 rings (SSSR count). The summed E-state index contributed by atoms with van der Waals surface area (Å²) in [7, 11) is 0. The summed E-state index contributed by atoms with van der Waals surface area (Å²) in [5.74, 6) is 1.45. The van der Waals surface area contributed by atoms with Crippen molar-refractivity contribution in [1.29, 1.82) is 0 Å². The zero-order valence-corrected chi connectivity index (χ0v) is 20.0. The van der Waals surface area contributed by atoms with Crippen LogP contribution in [0.25, 0.3) is 22.3 Å². The van der Waals surface area contributed by atoms with Crippen LogP contribution in [0.15, 0.2) is 48.7 Å². The molecule has 0 spiro atoms. The fraction of sp³-hybridized carbons (Fsp3) is 0.370. The number of rotatable bonds is 4. The molecule has 2 aromatic carbocycles. The van der Waals surface area contributed by atoms with Crippen LogP contribution < -0.4 is 15.5 Å². The van der Waals surface area contributed by atoms with Crippen molar-refractivity contribution < 1.29 is 4.39 Å². The molecule has 1 saturated heterocycles. The van der Waals surface area contributed by atoms with E-state index in [0.717, 1.165) is 85.8 Å². The Hall–Kier alpha value is -3.52. The van der Waals surface area contributed by atoms with Crippen LogP contribution in [0.5, 0.6) is 0 Å². The second-order valence-electron chi connectivity index (χ2n) is 10.0. The Morgan fingerprint density at radius 1 is 1.09 bits per heavy atom. The van der Waals surface area contributed by atoms with Crippen molar-refractivity contribution in [1.82, 2.24) is 20.2 Å². The van der Waals surface area contributed by atoms with Crippen molar-refractivity contribution in [2.24, 2.45) is 11.1 Å². The van der Waals surface area contributed by atoms with E-state index in [-0.39, 0.29) is 11.2 Å². The number of nitrogens with two attached hydrogens (primary N) is 1. The van der Waals surface area contributed by atoms with Gasteiger partial charge in [-0.1, -0.05) is 31.2 Å². The van der Waals surface area contributed by atoms with Gasteiger partial charge < -0.3 is 15.5 Å². The van der Waals surface area contributed by atoms with Gasteiger partial charge in [0.1, 0.15) is 11.6 Å². The lowest BCUT2D eigenvalue weighted by Gasteiger charge is -2.39. The average molecular weight is 472 g/mol. The van der Waals surface area contributed by atoms with Gasteiger partial charge in [0.15, 0.2) is 17.0 Å². The van der Waals surface area contributed by atoms with E-state index < -0.39 is 0 Å². The summed E-state index contributed by atoms with van der Waals surface area (Å²) in [5, 5.41) is 7.77. The third kappa shape index (κ3) is 3.91. The zero-order valence-electron chi connectivity index (χ0n) is 20.0. The van der Waals surface area contributed by atoms with Gasteiger partial charge in [-0.2, -0.15) is 5.10 Å². The summed E-state index contributed by atoms with van der Waals surface area (Å²) in [4.78, 5) is 14.2. The molecule has 2 aliphatic rings. The quantitative estimate of drug-likeness (QED) is 0.444. The first kappa shape index (κ1) is 22.0. The number of anilines is 3. The molecule has 8 heteroatoms. The number of H-pyrrole nitrogens is 1. The molecule has 4 aromatic rings. The van der Waals surface area contributed by atoms with Crippen LogP contribution in [0, 0.1) is 11.2 Å². The Morgan fingerprint density at radius 2 is 1.89 bits per heavy atom. The van der Waals surface area contributed by atoms with Gasteiger partial charge in [-0.3, -0.25) is 5.10 Å². The predicted octanol–water partition coefficient (Wildman–Crippen LogP) is 4.81. The number of halogens is 1. The molecule has 4 heterocycles. The Balaban J connectivity index is 1.32. The lowest BCUT2D eigenvalue weighted by atomic mass is 9.80. The van der Waals surface area contributed by atoms with E-state index in [0.29, 0.717) is 5.65 Å². The number of nitrogens with zero attached hydrogens (tertiary/aromatic N) is 5. The van der Waals surface area contributed by atoms with E-state index in [9.17, 15) is 4.39 Å². The van der Waals surface area contributed by atoms with Crippen molar-refractivity contribution in [2.45, 2.75) is 32.6 Å². The number of piperidine rings is 1. The number of aromatic nitrogens is 4. The molecule has 2 aromatic heterocycles. The molecule has 3 N–H and O–H groups in total. The van der Waals surface area contributed by atoms with E-state index in [1.165, 1.54) is 17.7 Å². The zero-order chi connectivity index (χ0) is 24.0. The molecular weight excluding hydrogens is 441 g/mol. The molecule has 0 radical (unpaired) electrons. The predicted molar refractivity (Wildman–Crippen MR) is 137 cm³/mol. The second-order valence-corrected chi connectivity index (χ2v) is 10.0. The van der Waals surface area contributed by atoms with Crippen molar-refractivity contribution >= 4 is 28.5 Å². The number of hydrogen-bond donors (Lipinski definition) is 2. The summed E-state index contributed by atoms with van der Waals surface area (Å²) in [5.41, 5.74) is 12.2. The first-order valence-electron chi connectivity index (χ1n) is 12.4. The first-order valence-corrected chi connectivity index (χ1v) is 12.4. The molecular formula is C27H30FN7. The van der Waals surface area contributed by atoms with Crippen LogP contribution in [-0.4, -0.2) is 46.3 Å². The minimum Gasteiger partial charge on any atom is -0.355 e. The summed E-state index contributed by atoms with van der Waals surface area (Å²) < 4.78 is 13.5. The molecule has 7 nitrogen and oxygen atoms in total. The Labute approximate surface area is 204 Å². The van der Waals surface area contributed by atoms with E-state index in [1.807, 2.05) is 18.3 Å². The number of benzene rings is 2. The maximum Gasteiger partial charge on any atom is 0.183 e. The number of hydrogen-bond acceptors (Lipinski definition) is 6. The molecule has 0 saturated carbocycles.